The standard InChI is InChI=1S/C11H14N2O5.ClH/c12-8(2-1-3-14)7-4-10-11(18-6-17-10)5-9(7)13(15)16;/h4-5,8,14H,1-3,6,12H2;1H/t8-;/m0./s1. The van der Waals surface area contributed by atoms with Crippen LogP contribution in [0.2, 0.25) is 0 Å². The molecule has 2 rings (SSSR count). The van der Waals surface area contributed by atoms with Crippen molar-refractivity contribution in [2.24, 2.45) is 5.73 Å². The third-order valence-electron chi connectivity index (χ3n) is 2.79. The molecule has 106 valence electrons. The third kappa shape index (κ3) is 3.25. The van der Waals surface area contributed by atoms with Gasteiger partial charge >= 0.3 is 0 Å². The van der Waals surface area contributed by atoms with Crippen LogP contribution in [0.25, 0.3) is 0 Å². The molecule has 7 nitrogen and oxygen atoms in total. The Morgan fingerprint density at radius 1 is 1.42 bits per heavy atom. The van der Waals surface area contributed by atoms with E-state index >= 15 is 0 Å². The van der Waals surface area contributed by atoms with Gasteiger partial charge in [0, 0.05) is 12.6 Å². The van der Waals surface area contributed by atoms with Gasteiger partial charge in [0.2, 0.25) is 6.79 Å². The summed E-state index contributed by atoms with van der Waals surface area (Å²) >= 11 is 0. The van der Waals surface area contributed by atoms with E-state index in [4.69, 9.17) is 20.3 Å². The summed E-state index contributed by atoms with van der Waals surface area (Å²) in [4.78, 5) is 10.5. The van der Waals surface area contributed by atoms with Crippen molar-refractivity contribution in [1.82, 2.24) is 0 Å². The van der Waals surface area contributed by atoms with E-state index in [9.17, 15) is 10.1 Å². The minimum absolute atomic E-state index is 0. The second-order valence-corrected chi connectivity index (χ2v) is 3.99. The second kappa shape index (κ2) is 6.55. The normalized spacial score (nSPS) is 13.8. The summed E-state index contributed by atoms with van der Waals surface area (Å²) < 4.78 is 10.3. The van der Waals surface area contributed by atoms with E-state index in [0.717, 1.165) is 0 Å². The average Bonchev–Trinajstić information content (AvgIpc) is 2.81. The first-order chi connectivity index (χ1) is 8.63. The highest BCUT2D eigenvalue weighted by atomic mass is 35.5. The van der Waals surface area contributed by atoms with Crippen molar-refractivity contribution >= 4 is 18.1 Å². The lowest BCUT2D eigenvalue weighted by molar-refractivity contribution is -0.385. The predicted molar refractivity (Wildman–Crippen MR) is 69.7 cm³/mol. The summed E-state index contributed by atoms with van der Waals surface area (Å²) in [6.45, 7) is 0.0634. The zero-order valence-electron chi connectivity index (χ0n) is 10.1. The topological polar surface area (TPSA) is 108 Å². The van der Waals surface area contributed by atoms with Crippen LogP contribution in [0.4, 0.5) is 5.69 Å². The molecule has 1 aromatic carbocycles. The van der Waals surface area contributed by atoms with Crippen LogP contribution in [-0.4, -0.2) is 23.4 Å². The fourth-order valence-electron chi connectivity index (χ4n) is 1.87. The number of nitro groups is 1. The summed E-state index contributed by atoms with van der Waals surface area (Å²) in [6, 6.07) is 2.37. The Kier molecular flexibility index (Phi) is 5.34. The number of halogens is 1. The number of aliphatic hydroxyl groups is 1. The van der Waals surface area contributed by atoms with Crippen molar-refractivity contribution in [2.45, 2.75) is 18.9 Å². The SMILES string of the molecule is Cl.N[C@@H](CCCO)c1cc2c(cc1[N+](=O)[O-])OCO2. The Bertz CT molecular complexity index is 469. The van der Waals surface area contributed by atoms with Gasteiger partial charge in [-0.3, -0.25) is 10.1 Å². The highest BCUT2D eigenvalue weighted by Gasteiger charge is 2.26. The smallest absolute Gasteiger partial charge is 0.278 e. The van der Waals surface area contributed by atoms with Gasteiger partial charge in [0.15, 0.2) is 11.5 Å². The molecule has 1 atom stereocenters. The van der Waals surface area contributed by atoms with Crippen LogP contribution in [0, 0.1) is 10.1 Å². The van der Waals surface area contributed by atoms with Crippen LogP contribution in [0.15, 0.2) is 12.1 Å². The first kappa shape index (κ1) is 15.5. The van der Waals surface area contributed by atoms with E-state index in [1.807, 2.05) is 0 Å². The molecule has 0 bridgehead atoms. The molecule has 1 heterocycles. The van der Waals surface area contributed by atoms with Crippen molar-refractivity contribution in [2.75, 3.05) is 13.4 Å². The van der Waals surface area contributed by atoms with E-state index in [1.54, 1.807) is 6.07 Å². The lowest BCUT2D eigenvalue weighted by atomic mass is 10.0. The van der Waals surface area contributed by atoms with Gasteiger partial charge in [0.05, 0.1) is 16.6 Å². The van der Waals surface area contributed by atoms with E-state index in [-0.39, 0.29) is 31.5 Å². The zero-order chi connectivity index (χ0) is 13.1. The molecule has 0 radical (unpaired) electrons. The van der Waals surface area contributed by atoms with Crippen LogP contribution in [0.3, 0.4) is 0 Å². The van der Waals surface area contributed by atoms with Gasteiger partial charge in [-0.05, 0) is 18.9 Å². The summed E-state index contributed by atoms with van der Waals surface area (Å²) in [7, 11) is 0. The van der Waals surface area contributed by atoms with E-state index in [0.29, 0.717) is 29.9 Å². The van der Waals surface area contributed by atoms with Crippen LogP contribution < -0.4 is 15.2 Å². The lowest BCUT2D eigenvalue weighted by Gasteiger charge is -2.12. The Balaban J connectivity index is 0.00000180. The molecule has 1 aliphatic heterocycles. The molecular formula is C11H15ClN2O5. The maximum atomic E-state index is 11.0. The van der Waals surface area contributed by atoms with Gasteiger partial charge in [0.1, 0.15) is 0 Å². The van der Waals surface area contributed by atoms with Crippen molar-refractivity contribution in [3.63, 3.8) is 0 Å². The van der Waals surface area contributed by atoms with Crippen LogP contribution in [-0.2, 0) is 0 Å². The number of nitrogens with zero attached hydrogens (tertiary/aromatic N) is 1. The molecule has 0 aliphatic carbocycles. The number of nitrogens with two attached hydrogens (primary N) is 1. The van der Waals surface area contributed by atoms with E-state index in [2.05, 4.69) is 0 Å². The number of hydrogen-bond acceptors (Lipinski definition) is 6. The maximum absolute atomic E-state index is 11.0. The molecule has 8 heteroatoms. The molecule has 3 N–H and O–H groups in total. The Morgan fingerprint density at radius 3 is 2.63 bits per heavy atom. The molecule has 19 heavy (non-hydrogen) atoms. The molecule has 0 aromatic heterocycles. The molecule has 0 unspecified atom stereocenters. The van der Waals surface area contributed by atoms with Gasteiger partial charge in [-0.2, -0.15) is 0 Å². The number of benzene rings is 1. The average molecular weight is 291 g/mol. The van der Waals surface area contributed by atoms with Crippen molar-refractivity contribution in [3.05, 3.63) is 27.8 Å². The summed E-state index contributed by atoms with van der Waals surface area (Å²) in [5.74, 6) is 0.829. The fourth-order valence-corrected chi connectivity index (χ4v) is 1.87. The van der Waals surface area contributed by atoms with Gasteiger partial charge < -0.3 is 20.3 Å². The highest BCUT2D eigenvalue weighted by molar-refractivity contribution is 5.85. The quantitative estimate of drug-likeness (QED) is 0.629. The summed E-state index contributed by atoms with van der Waals surface area (Å²) in [5, 5.41) is 19.8. The van der Waals surface area contributed by atoms with Crippen LogP contribution in [0.5, 0.6) is 11.5 Å². The minimum Gasteiger partial charge on any atom is -0.454 e. The largest absolute Gasteiger partial charge is 0.454 e. The van der Waals surface area contributed by atoms with Gasteiger partial charge in [-0.25, -0.2) is 0 Å². The first-order valence-corrected chi connectivity index (χ1v) is 5.58. The fraction of sp³-hybridized carbons (Fsp3) is 0.455. The monoisotopic (exact) mass is 290 g/mol. The Hall–Kier alpha value is -1.57. The Labute approximate surface area is 115 Å². The zero-order valence-corrected chi connectivity index (χ0v) is 10.9. The first-order valence-electron chi connectivity index (χ1n) is 5.58. The molecule has 1 aromatic rings. The van der Waals surface area contributed by atoms with Crippen molar-refractivity contribution in [1.29, 1.82) is 0 Å². The lowest BCUT2D eigenvalue weighted by Crippen LogP contribution is -2.13. The van der Waals surface area contributed by atoms with Crippen molar-refractivity contribution < 1.29 is 19.5 Å². The number of nitro benzene ring substituents is 1. The molecule has 1 aliphatic rings. The number of ether oxygens (including phenoxy) is 2. The maximum Gasteiger partial charge on any atom is 0.278 e. The van der Waals surface area contributed by atoms with E-state index in [1.165, 1.54) is 6.07 Å². The summed E-state index contributed by atoms with van der Waals surface area (Å²) in [5.41, 5.74) is 6.22. The molecule has 0 saturated heterocycles. The molecule has 0 saturated carbocycles. The molecule has 0 amide bonds. The highest BCUT2D eigenvalue weighted by Crippen LogP contribution is 2.40. The molecule has 0 spiro atoms. The number of rotatable bonds is 5. The Morgan fingerprint density at radius 2 is 2.05 bits per heavy atom. The van der Waals surface area contributed by atoms with Crippen LogP contribution >= 0.6 is 12.4 Å². The van der Waals surface area contributed by atoms with Crippen LogP contribution in [0.1, 0.15) is 24.4 Å². The number of fused-ring (bicyclic) bond motifs is 1. The van der Waals surface area contributed by atoms with E-state index < -0.39 is 11.0 Å². The number of hydrogen-bond donors (Lipinski definition) is 2. The second-order valence-electron chi connectivity index (χ2n) is 3.99. The summed E-state index contributed by atoms with van der Waals surface area (Å²) in [6.07, 6.45) is 0.962. The molecular weight excluding hydrogens is 276 g/mol. The minimum atomic E-state index is -0.507. The predicted octanol–water partition coefficient (Wildman–Crippen LogP) is 1.52. The third-order valence-corrected chi connectivity index (χ3v) is 2.79. The molecule has 0 fully saturated rings. The van der Waals surface area contributed by atoms with Gasteiger partial charge in [0.25, 0.3) is 5.69 Å². The van der Waals surface area contributed by atoms with Crippen molar-refractivity contribution in [3.8, 4) is 11.5 Å². The van der Waals surface area contributed by atoms with Gasteiger partial charge in [-0.1, -0.05) is 0 Å². The van der Waals surface area contributed by atoms with Gasteiger partial charge in [-0.15, -0.1) is 12.4 Å². The number of aliphatic hydroxyl groups excluding tert-OH is 1.